The van der Waals surface area contributed by atoms with Gasteiger partial charge in [-0.2, -0.15) is 10.2 Å². The Bertz CT molecular complexity index is 1870. The molecule has 0 spiro atoms. The van der Waals surface area contributed by atoms with Crippen molar-refractivity contribution in [3.05, 3.63) is 128 Å². The molecule has 6 rings (SSSR count). The standard InChI is InChI=1S/C33H30N8O4S2/c1-20-31-39-26(18-46-31)29(43)37-24(14-21-8-4-2-5-9-21)32-40-27(19-47-32)30(44)38-25(22-10-6-3-7-11-22)16-41(17-28(42)36-20)33(45)23-12-13-34-35-15-23/h2-13,15,18-20,24-25H,14,16-17H2,1H3,(H,36,42)(H,37,43)(H,38,44)/t20-,24+,25-/m0/s1. The van der Waals surface area contributed by atoms with Crippen molar-refractivity contribution in [1.82, 2.24) is 41.0 Å². The molecule has 0 saturated heterocycles. The fraction of sp³-hybridized carbons (Fsp3) is 0.212. The number of amides is 4. The average molecular weight is 667 g/mol. The zero-order valence-electron chi connectivity index (χ0n) is 25.2. The predicted octanol–water partition coefficient (Wildman–Crippen LogP) is 3.91. The van der Waals surface area contributed by atoms with Crippen LogP contribution in [0.25, 0.3) is 0 Å². The molecule has 3 N–H and O–H groups in total. The topological polar surface area (TPSA) is 159 Å². The first-order valence-electron chi connectivity index (χ1n) is 14.8. The highest BCUT2D eigenvalue weighted by molar-refractivity contribution is 7.10. The lowest BCUT2D eigenvalue weighted by Crippen LogP contribution is -2.46. The van der Waals surface area contributed by atoms with Crippen LogP contribution in [0.4, 0.5) is 0 Å². The molecule has 5 aromatic rings. The fourth-order valence-electron chi connectivity index (χ4n) is 5.14. The summed E-state index contributed by atoms with van der Waals surface area (Å²) in [6.45, 7) is 1.42. The third-order valence-corrected chi connectivity index (χ3v) is 9.49. The van der Waals surface area contributed by atoms with Crippen molar-refractivity contribution >= 4 is 46.3 Å². The van der Waals surface area contributed by atoms with E-state index in [1.807, 2.05) is 60.7 Å². The Morgan fingerprint density at radius 1 is 0.830 bits per heavy atom. The van der Waals surface area contributed by atoms with E-state index in [4.69, 9.17) is 0 Å². The highest BCUT2D eigenvalue weighted by Crippen LogP contribution is 2.25. The number of carbonyl (C=O) groups is 4. The van der Waals surface area contributed by atoms with Gasteiger partial charge in [0.05, 0.1) is 42.6 Å². The number of nitrogens with one attached hydrogen (secondary N) is 3. The molecular weight excluding hydrogens is 637 g/mol. The third-order valence-electron chi connectivity index (χ3n) is 7.51. The molecule has 12 nitrogen and oxygen atoms in total. The zero-order valence-corrected chi connectivity index (χ0v) is 26.8. The van der Waals surface area contributed by atoms with E-state index in [9.17, 15) is 19.2 Å². The zero-order chi connectivity index (χ0) is 32.8. The highest BCUT2D eigenvalue weighted by Gasteiger charge is 2.29. The Hall–Kier alpha value is -5.34. The van der Waals surface area contributed by atoms with E-state index in [1.165, 1.54) is 46.0 Å². The molecule has 0 radical (unpaired) electrons. The van der Waals surface area contributed by atoms with Crippen LogP contribution in [0.1, 0.15) is 77.5 Å². The minimum Gasteiger partial charge on any atom is -0.346 e. The normalized spacial score (nSPS) is 19.1. The molecule has 4 amide bonds. The molecule has 0 aliphatic carbocycles. The van der Waals surface area contributed by atoms with Crippen molar-refractivity contribution in [2.45, 2.75) is 31.5 Å². The van der Waals surface area contributed by atoms with Crippen molar-refractivity contribution in [3.8, 4) is 0 Å². The summed E-state index contributed by atoms with van der Waals surface area (Å²) in [7, 11) is 0. The van der Waals surface area contributed by atoms with Gasteiger partial charge in [-0.3, -0.25) is 19.2 Å². The van der Waals surface area contributed by atoms with E-state index in [0.717, 1.165) is 11.1 Å². The van der Waals surface area contributed by atoms with Crippen LogP contribution in [0.3, 0.4) is 0 Å². The quantitative estimate of drug-likeness (QED) is 0.261. The van der Waals surface area contributed by atoms with Gasteiger partial charge in [0.25, 0.3) is 17.7 Å². The number of carbonyl (C=O) groups excluding carboxylic acids is 4. The van der Waals surface area contributed by atoms with Crippen LogP contribution in [-0.4, -0.2) is 61.8 Å². The number of thiazole rings is 2. The Morgan fingerprint density at radius 3 is 2.19 bits per heavy atom. The SMILES string of the molecule is C[C@@H]1NC(=O)CN(C(=O)c2ccnnc2)C[C@@H](c2ccccc2)NC(=O)c2csc(n2)[C@@H](Cc2ccccc2)NC(=O)c2csc1n2. The number of benzene rings is 2. The van der Waals surface area contributed by atoms with E-state index in [1.54, 1.807) is 17.7 Å². The third kappa shape index (κ3) is 7.73. The second kappa shape index (κ2) is 14.4. The van der Waals surface area contributed by atoms with Crippen molar-refractivity contribution < 1.29 is 19.2 Å². The lowest BCUT2D eigenvalue weighted by atomic mass is 10.1. The number of hydrogen-bond donors (Lipinski definition) is 3. The molecule has 238 valence electrons. The van der Waals surface area contributed by atoms with Gasteiger partial charge in [0.2, 0.25) is 5.91 Å². The summed E-state index contributed by atoms with van der Waals surface area (Å²) in [6, 6.07) is 18.6. The second-order valence-corrected chi connectivity index (χ2v) is 12.7. The number of rotatable bonds is 4. The van der Waals surface area contributed by atoms with Crippen molar-refractivity contribution in [2.75, 3.05) is 13.1 Å². The molecule has 4 bridgehead atoms. The molecule has 1 aliphatic rings. The molecule has 0 unspecified atom stereocenters. The number of aromatic nitrogens is 4. The van der Waals surface area contributed by atoms with Crippen LogP contribution < -0.4 is 16.0 Å². The molecular formula is C33H30N8O4S2. The lowest BCUT2D eigenvalue weighted by molar-refractivity contribution is -0.122. The second-order valence-electron chi connectivity index (χ2n) is 10.9. The van der Waals surface area contributed by atoms with Gasteiger partial charge in [-0.05, 0) is 30.5 Å². The first kappa shape index (κ1) is 31.6. The minimum absolute atomic E-state index is 0.0240. The van der Waals surface area contributed by atoms with E-state index < -0.39 is 41.8 Å². The molecule has 14 heteroatoms. The van der Waals surface area contributed by atoms with E-state index in [2.05, 4.69) is 36.1 Å². The van der Waals surface area contributed by atoms with Crippen LogP contribution >= 0.6 is 22.7 Å². The first-order chi connectivity index (χ1) is 22.8. The molecule has 2 aromatic carbocycles. The Morgan fingerprint density at radius 2 is 1.49 bits per heavy atom. The summed E-state index contributed by atoms with van der Waals surface area (Å²) in [5, 5.41) is 20.9. The molecule has 4 heterocycles. The Labute approximate surface area is 278 Å². The van der Waals surface area contributed by atoms with E-state index in [0.29, 0.717) is 16.4 Å². The maximum atomic E-state index is 13.7. The van der Waals surface area contributed by atoms with Crippen molar-refractivity contribution in [2.24, 2.45) is 0 Å². The largest absolute Gasteiger partial charge is 0.346 e. The van der Waals surface area contributed by atoms with Gasteiger partial charge in [-0.25, -0.2) is 9.97 Å². The summed E-state index contributed by atoms with van der Waals surface area (Å²) in [5.74, 6) is -1.77. The van der Waals surface area contributed by atoms with Crippen LogP contribution in [0.5, 0.6) is 0 Å². The maximum Gasteiger partial charge on any atom is 0.271 e. The van der Waals surface area contributed by atoms with E-state index >= 15 is 0 Å². The monoisotopic (exact) mass is 666 g/mol. The first-order valence-corrected chi connectivity index (χ1v) is 16.6. The van der Waals surface area contributed by atoms with E-state index in [-0.39, 0.29) is 30.0 Å². The predicted molar refractivity (Wildman–Crippen MR) is 176 cm³/mol. The number of hydrogen-bond acceptors (Lipinski definition) is 10. The molecule has 47 heavy (non-hydrogen) atoms. The number of nitrogens with zero attached hydrogens (tertiary/aromatic N) is 5. The van der Waals surface area contributed by atoms with Crippen LogP contribution in [0, 0.1) is 0 Å². The summed E-state index contributed by atoms with van der Waals surface area (Å²) < 4.78 is 0. The molecule has 3 aromatic heterocycles. The van der Waals surface area contributed by atoms with Crippen molar-refractivity contribution in [3.63, 3.8) is 0 Å². The van der Waals surface area contributed by atoms with Crippen LogP contribution in [0.15, 0.2) is 89.9 Å². The lowest BCUT2D eigenvalue weighted by Gasteiger charge is -2.28. The van der Waals surface area contributed by atoms with Crippen LogP contribution in [0.2, 0.25) is 0 Å². The summed E-state index contributed by atoms with van der Waals surface area (Å²) in [4.78, 5) is 64.8. The van der Waals surface area contributed by atoms with Crippen LogP contribution in [-0.2, 0) is 11.2 Å². The smallest absolute Gasteiger partial charge is 0.271 e. The Kier molecular flexibility index (Phi) is 9.69. The molecule has 0 fully saturated rings. The summed E-state index contributed by atoms with van der Waals surface area (Å²) in [6.07, 6.45) is 3.17. The van der Waals surface area contributed by atoms with Gasteiger partial charge in [-0.15, -0.1) is 22.7 Å². The van der Waals surface area contributed by atoms with Gasteiger partial charge in [0.15, 0.2) is 0 Å². The Balaban J connectivity index is 1.38. The molecule has 0 saturated carbocycles. The maximum absolute atomic E-state index is 13.7. The van der Waals surface area contributed by atoms with Crippen molar-refractivity contribution in [1.29, 1.82) is 0 Å². The summed E-state index contributed by atoms with van der Waals surface area (Å²) >= 11 is 2.52. The van der Waals surface area contributed by atoms with Gasteiger partial charge in [0.1, 0.15) is 21.4 Å². The van der Waals surface area contributed by atoms with Gasteiger partial charge in [0, 0.05) is 17.3 Å². The highest BCUT2D eigenvalue weighted by atomic mass is 32.1. The minimum atomic E-state index is -0.696. The average Bonchev–Trinajstić information content (AvgIpc) is 3.79. The van der Waals surface area contributed by atoms with Gasteiger partial charge < -0.3 is 20.9 Å². The molecule has 3 atom stereocenters. The van der Waals surface area contributed by atoms with Gasteiger partial charge >= 0.3 is 0 Å². The fourth-order valence-corrected chi connectivity index (χ4v) is 6.79. The number of fused-ring (bicyclic) bond motifs is 4. The molecule has 1 aliphatic heterocycles. The summed E-state index contributed by atoms with van der Waals surface area (Å²) in [5.41, 5.74) is 2.32. The van der Waals surface area contributed by atoms with Gasteiger partial charge in [-0.1, -0.05) is 60.7 Å².